The molecule has 0 saturated carbocycles. The number of carbonyl (C=O) groups is 1. The Bertz CT molecular complexity index is 440. The van der Waals surface area contributed by atoms with Gasteiger partial charge < -0.3 is 19.3 Å². The summed E-state index contributed by atoms with van der Waals surface area (Å²) in [6, 6.07) is 1.70. The number of fused-ring (bicyclic) bond motifs is 1. The molecule has 0 aromatic heterocycles. The predicted molar refractivity (Wildman–Crippen MR) is 58.2 cm³/mol. The minimum absolute atomic E-state index is 0.0988. The van der Waals surface area contributed by atoms with Crippen LogP contribution in [0.25, 0.3) is 0 Å². The third-order valence-corrected chi connectivity index (χ3v) is 2.79. The van der Waals surface area contributed by atoms with E-state index in [4.69, 9.17) is 19.3 Å². The summed E-state index contributed by atoms with van der Waals surface area (Å²) in [6.07, 6.45) is -0.172. The lowest BCUT2D eigenvalue weighted by molar-refractivity contribution is -0.136. The van der Waals surface area contributed by atoms with Crippen LogP contribution in [0, 0.1) is 0 Å². The average molecular weight is 289 g/mol. The van der Waals surface area contributed by atoms with E-state index >= 15 is 0 Å². The first-order chi connectivity index (χ1) is 7.63. The molecule has 1 heterocycles. The van der Waals surface area contributed by atoms with Gasteiger partial charge in [0.2, 0.25) is 6.79 Å². The van der Waals surface area contributed by atoms with Crippen LogP contribution in [-0.4, -0.2) is 25.0 Å². The monoisotopic (exact) mass is 288 g/mol. The Kier molecular flexibility index (Phi) is 2.91. The van der Waals surface area contributed by atoms with Gasteiger partial charge in [-0.1, -0.05) is 0 Å². The van der Waals surface area contributed by atoms with Crippen molar-refractivity contribution in [1.29, 1.82) is 0 Å². The summed E-state index contributed by atoms with van der Waals surface area (Å²) in [4.78, 5) is 10.8. The van der Waals surface area contributed by atoms with Gasteiger partial charge in [-0.05, 0) is 15.9 Å². The van der Waals surface area contributed by atoms with Crippen LogP contribution >= 0.6 is 15.9 Å². The zero-order valence-corrected chi connectivity index (χ0v) is 10.0. The maximum atomic E-state index is 10.8. The van der Waals surface area contributed by atoms with Crippen molar-refractivity contribution in [2.75, 3.05) is 13.9 Å². The molecule has 1 aromatic carbocycles. The molecule has 2 rings (SSSR count). The summed E-state index contributed by atoms with van der Waals surface area (Å²) in [5.74, 6) is 0.493. The van der Waals surface area contributed by atoms with Gasteiger partial charge in [0.1, 0.15) is 5.75 Å². The molecule has 0 bridgehead atoms. The molecule has 0 amide bonds. The van der Waals surface area contributed by atoms with Gasteiger partial charge in [-0.15, -0.1) is 0 Å². The second-order valence-corrected chi connectivity index (χ2v) is 4.03. The second-order valence-electron chi connectivity index (χ2n) is 3.17. The van der Waals surface area contributed by atoms with Gasteiger partial charge in [-0.25, -0.2) is 0 Å². The molecular weight excluding hydrogens is 280 g/mol. The van der Waals surface area contributed by atoms with Crippen molar-refractivity contribution in [2.45, 2.75) is 6.42 Å². The van der Waals surface area contributed by atoms with Crippen LogP contribution in [0.1, 0.15) is 5.56 Å². The number of rotatable bonds is 3. The largest absolute Gasteiger partial charge is 0.495 e. The highest BCUT2D eigenvalue weighted by atomic mass is 79.9. The van der Waals surface area contributed by atoms with E-state index < -0.39 is 5.97 Å². The normalized spacial score (nSPS) is 12.6. The number of halogens is 1. The summed E-state index contributed by atoms with van der Waals surface area (Å²) in [6.45, 7) is 0.0988. The SMILES string of the molecule is COc1c(Br)cc2c(c1CC(=O)O)OCO2. The number of aliphatic carboxylic acids is 1. The number of methoxy groups -OCH3 is 1. The van der Waals surface area contributed by atoms with Crippen molar-refractivity contribution >= 4 is 21.9 Å². The van der Waals surface area contributed by atoms with Crippen molar-refractivity contribution in [2.24, 2.45) is 0 Å². The smallest absolute Gasteiger partial charge is 0.308 e. The lowest BCUT2D eigenvalue weighted by Crippen LogP contribution is -2.04. The van der Waals surface area contributed by atoms with E-state index in [1.807, 2.05) is 0 Å². The molecule has 1 N–H and O–H groups in total. The van der Waals surface area contributed by atoms with Crippen LogP contribution in [-0.2, 0) is 11.2 Å². The molecule has 0 unspecified atom stereocenters. The number of carboxylic acid groups (broad SMARTS) is 1. The highest BCUT2D eigenvalue weighted by Crippen LogP contribution is 2.45. The van der Waals surface area contributed by atoms with Crippen LogP contribution in [0.5, 0.6) is 17.2 Å². The van der Waals surface area contributed by atoms with Gasteiger partial charge in [0, 0.05) is 6.07 Å². The van der Waals surface area contributed by atoms with E-state index in [1.54, 1.807) is 6.07 Å². The van der Waals surface area contributed by atoms with E-state index in [-0.39, 0.29) is 13.2 Å². The molecule has 0 atom stereocenters. The Labute approximate surface area is 100 Å². The zero-order chi connectivity index (χ0) is 11.7. The third-order valence-electron chi connectivity index (χ3n) is 2.20. The highest BCUT2D eigenvalue weighted by molar-refractivity contribution is 9.10. The fourth-order valence-corrected chi connectivity index (χ4v) is 2.20. The second kappa shape index (κ2) is 4.21. The van der Waals surface area contributed by atoms with E-state index in [0.29, 0.717) is 27.3 Å². The van der Waals surface area contributed by atoms with Crippen molar-refractivity contribution < 1.29 is 24.1 Å². The van der Waals surface area contributed by atoms with Gasteiger partial charge in [0.15, 0.2) is 11.5 Å². The maximum Gasteiger partial charge on any atom is 0.308 e. The quantitative estimate of drug-likeness (QED) is 0.919. The van der Waals surface area contributed by atoms with Crippen LogP contribution in [0.3, 0.4) is 0 Å². The molecule has 86 valence electrons. The molecule has 6 heteroatoms. The van der Waals surface area contributed by atoms with Gasteiger partial charge in [-0.2, -0.15) is 0 Å². The van der Waals surface area contributed by atoms with Crippen LogP contribution in [0.4, 0.5) is 0 Å². The summed E-state index contributed by atoms with van der Waals surface area (Å²) >= 11 is 3.30. The standard InChI is InChI=1S/C10H9BrO5/c1-14-9-5(2-8(12)13)10-7(3-6(9)11)15-4-16-10/h3H,2,4H2,1H3,(H,12,13). The first kappa shape index (κ1) is 11.1. The average Bonchev–Trinajstić information content (AvgIpc) is 2.64. The molecule has 1 aromatic rings. The topological polar surface area (TPSA) is 65.0 Å². The Morgan fingerprint density at radius 2 is 2.38 bits per heavy atom. The highest BCUT2D eigenvalue weighted by Gasteiger charge is 2.25. The third kappa shape index (κ3) is 1.80. The van der Waals surface area contributed by atoms with E-state index in [2.05, 4.69) is 15.9 Å². The molecule has 5 nitrogen and oxygen atoms in total. The van der Waals surface area contributed by atoms with Crippen LogP contribution < -0.4 is 14.2 Å². The van der Waals surface area contributed by atoms with Crippen molar-refractivity contribution in [3.8, 4) is 17.2 Å². The molecular formula is C10H9BrO5. The summed E-state index contributed by atoms with van der Waals surface area (Å²) in [7, 11) is 1.48. The fourth-order valence-electron chi connectivity index (χ4n) is 1.59. The van der Waals surface area contributed by atoms with Crippen molar-refractivity contribution in [3.63, 3.8) is 0 Å². The van der Waals surface area contributed by atoms with Gasteiger partial charge in [-0.3, -0.25) is 4.79 Å². The van der Waals surface area contributed by atoms with Gasteiger partial charge in [0.05, 0.1) is 23.6 Å². The number of ether oxygens (including phenoxy) is 3. The number of hydrogen-bond acceptors (Lipinski definition) is 4. The molecule has 0 spiro atoms. The Morgan fingerprint density at radius 1 is 1.62 bits per heavy atom. The Balaban J connectivity index is 2.56. The van der Waals surface area contributed by atoms with Crippen LogP contribution in [0.2, 0.25) is 0 Å². The van der Waals surface area contributed by atoms with Gasteiger partial charge in [0.25, 0.3) is 0 Å². The maximum absolute atomic E-state index is 10.8. The molecule has 0 fully saturated rings. The minimum atomic E-state index is -0.950. The minimum Gasteiger partial charge on any atom is -0.495 e. The van der Waals surface area contributed by atoms with E-state index in [1.165, 1.54) is 7.11 Å². The van der Waals surface area contributed by atoms with E-state index in [9.17, 15) is 4.79 Å². The lowest BCUT2D eigenvalue weighted by atomic mass is 10.1. The summed E-state index contributed by atoms with van der Waals surface area (Å²) in [5, 5.41) is 8.84. The van der Waals surface area contributed by atoms with Crippen LogP contribution in [0.15, 0.2) is 10.5 Å². The molecule has 0 saturated heterocycles. The first-order valence-electron chi connectivity index (χ1n) is 4.50. The molecule has 0 radical (unpaired) electrons. The van der Waals surface area contributed by atoms with Crippen molar-refractivity contribution in [3.05, 3.63) is 16.1 Å². The fraction of sp³-hybridized carbons (Fsp3) is 0.300. The Hall–Kier alpha value is -1.43. The lowest BCUT2D eigenvalue weighted by Gasteiger charge is -2.11. The predicted octanol–water partition coefficient (Wildman–Crippen LogP) is 1.81. The molecule has 16 heavy (non-hydrogen) atoms. The molecule has 1 aliphatic rings. The van der Waals surface area contributed by atoms with Gasteiger partial charge >= 0.3 is 5.97 Å². The summed E-state index contributed by atoms with van der Waals surface area (Å²) < 4.78 is 16.2. The number of benzene rings is 1. The zero-order valence-electron chi connectivity index (χ0n) is 8.45. The van der Waals surface area contributed by atoms with E-state index in [0.717, 1.165) is 0 Å². The van der Waals surface area contributed by atoms with Crippen molar-refractivity contribution in [1.82, 2.24) is 0 Å². The summed E-state index contributed by atoms with van der Waals surface area (Å²) in [5.41, 5.74) is 0.483. The first-order valence-corrected chi connectivity index (χ1v) is 5.29. The number of carboxylic acids is 1. The molecule has 1 aliphatic heterocycles. The number of hydrogen-bond donors (Lipinski definition) is 1. The Morgan fingerprint density at radius 3 is 3.00 bits per heavy atom. The molecule has 0 aliphatic carbocycles.